The van der Waals surface area contributed by atoms with Crippen molar-refractivity contribution in [2.45, 2.75) is 0 Å². The van der Waals surface area contributed by atoms with E-state index in [4.69, 9.17) is 18.9 Å². The van der Waals surface area contributed by atoms with Gasteiger partial charge in [0.2, 0.25) is 0 Å². The Hall–Kier alpha value is -2.16. The molecule has 10 nitrogen and oxygen atoms in total. The number of hydrogen-bond acceptors (Lipinski definition) is 8. The molecule has 0 unspecified atom stereocenters. The normalized spacial score (nSPS) is 10.9. The van der Waals surface area contributed by atoms with E-state index in [0.717, 1.165) is 8.95 Å². The summed E-state index contributed by atoms with van der Waals surface area (Å²) in [6.07, 6.45) is 2.37. The average molecular weight is 730 g/mol. The molecule has 0 spiro atoms. The Labute approximate surface area is 228 Å². The van der Waals surface area contributed by atoms with Crippen molar-refractivity contribution in [1.82, 2.24) is 10.9 Å². The molecule has 0 fully saturated rings. The molecule has 34 heavy (non-hydrogen) atoms. The Balaban J connectivity index is 1.74. The highest BCUT2D eigenvalue weighted by molar-refractivity contribution is 9.11. The van der Waals surface area contributed by atoms with Crippen molar-refractivity contribution in [3.63, 3.8) is 0 Å². The van der Waals surface area contributed by atoms with Gasteiger partial charge in [0, 0.05) is 8.95 Å². The number of amides is 2. The van der Waals surface area contributed by atoms with Gasteiger partial charge in [-0.25, -0.2) is 10.9 Å². The van der Waals surface area contributed by atoms with Crippen LogP contribution in [-0.4, -0.2) is 51.7 Å². The Bertz CT molecular complexity index is 1010. The summed E-state index contributed by atoms with van der Waals surface area (Å²) in [6.45, 7) is -0.595. The van der Waals surface area contributed by atoms with Gasteiger partial charge in [0.05, 0.1) is 35.6 Å². The number of carbonyl (C=O) groups is 2. The van der Waals surface area contributed by atoms with Crippen LogP contribution in [0.3, 0.4) is 0 Å². The molecule has 0 aliphatic rings. The van der Waals surface area contributed by atoms with Gasteiger partial charge in [-0.05, 0) is 56.1 Å². The summed E-state index contributed by atoms with van der Waals surface area (Å²) in [5.74, 6) is 0.653. The average Bonchev–Trinajstić information content (AvgIpc) is 2.78. The SMILES string of the molecule is COc1cc(Br)cc(Br)c1OCC(=O)N/N=C/C=N/NC(=O)COc1c(Br)cc(Br)cc1OC. The highest BCUT2D eigenvalue weighted by Gasteiger charge is 2.14. The maximum absolute atomic E-state index is 11.9. The van der Waals surface area contributed by atoms with E-state index < -0.39 is 11.8 Å². The number of hydrazone groups is 2. The van der Waals surface area contributed by atoms with Crippen LogP contribution in [0.4, 0.5) is 0 Å². The van der Waals surface area contributed by atoms with Gasteiger partial charge in [-0.3, -0.25) is 9.59 Å². The molecular formula is C20H18Br4N4O6. The van der Waals surface area contributed by atoms with Crippen molar-refractivity contribution < 1.29 is 28.5 Å². The molecule has 0 aliphatic heterocycles. The smallest absolute Gasteiger partial charge is 0.277 e. The molecule has 2 N–H and O–H groups in total. The predicted octanol–water partition coefficient (Wildman–Crippen LogP) is 4.42. The molecule has 2 rings (SSSR count). The van der Waals surface area contributed by atoms with Crippen LogP contribution in [-0.2, 0) is 9.59 Å². The van der Waals surface area contributed by atoms with Crippen LogP contribution < -0.4 is 29.8 Å². The molecular weight excluding hydrogens is 712 g/mol. The van der Waals surface area contributed by atoms with E-state index in [0.29, 0.717) is 31.9 Å². The molecule has 0 saturated carbocycles. The second kappa shape index (κ2) is 14.3. The monoisotopic (exact) mass is 726 g/mol. The fraction of sp³-hybridized carbons (Fsp3) is 0.200. The molecule has 0 aliphatic carbocycles. The first-order valence-corrected chi connectivity index (χ1v) is 12.4. The molecule has 0 atom stereocenters. The summed E-state index contributed by atoms with van der Waals surface area (Å²) in [5.41, 5.74) is 4.54. The number of carbonyl (C=O) groups excluding carboxylic acids is 2. The zero-order valence-electron chi connectivity index (χ0n) is 17.7. The second-order valence-electron chi connectivity index (χ2n) is 6.04. The molecule has 0 aromatic heterocycles. The summed E-state index contributed by atoms with van der Waals surface area (Å²) in [4.78, 5) is 23.8. The standard InChI is InChI=1S/C20H18Br4N4O6/c1-31-15-7-11(21)5-13(23)19(15)33-9-17(29)27-25-3-4-26-28-18(30)10-34-20-14(24)6-12(22)8-16(20)32-2/h3-8H,9-10H2,1-2H3,(H,27,29)(H,28,30)/b25-3+,26-4+. The molecule has 0 bridgehead atoms. The Morgan fingerprint density at radius 1 is 0.765 bits per heavy atom. The maximum atomic E-state index is 11.9. The summed E-state index contributed by atoms with van der Waals surface area (Å²) < 4.78 is 24.2. The van der Waals surface area contributed by atoms with Crippen molar-refractivity contribution >= 4 is 88.0 Å². The van der Waals surface area contributed by atoms with Crippen LogP contribution in [0.2, 0.25) is 0 Å². The van der Waals surface area contributed by atoms with E-state index in [1.807, 2.05) is 0 Å². The third-order valence-corrected chi connectivity index (χ3v) is 5.77. The summed E-state index contributed by atoms with van der Waals surface area (Å²) in [6, 6.07) is 6.94. The van der Waals surface area contributed by atoms with Gasteiger partial charge < -0.3 is 18.9 Å². The number of rotatable bonds is 11. The topological polar surface area (TPSA) is 120 Å². The van der Waals surface area contributed by atoms with Gasteiger partial charge in [0.25, 0.3) is 11.8 Å². The molecule has 0 radical (unpaired) electrons. The minimum atomic E-state index is -0.507. The Morgan fingerprint density at radius 2 is 1.15 bits per heavy atom. The van der Waals surface area contributed by atoms with Gasteiger partial charge in [-0.1, -0.05) is 31.9 Å². The van der Waals surface area contributed by atoms with Crippen molar-refractivity contribution in [2.24, 2.45) is 10.2 Å². The first kappa shape index (κ1) is 28.1. The Kier molecular flexibility index (Phi) is 11.8. The fourth-order valence-corrected chi connectivity index (χ4v) is 4.88. The summed E-state index contributed by atoms with van der Waals surface area (Å²) >= 11 is 13.4. The molecule has 14 heteroatoms. The van der Waals surface area contributed by atoms with Gasteiger partial charge in [-0.2, -0.15) is 10.2 Å². The van der Waals surface area contributed by atoms with E-state index in [1.54, 1.807) is 24.3 Å². The van der Waals surface area contributed by atoms with Gasteiger partial charge in [0.1, 0.15) is 0 Å². The largest absolute Gasteiger partial charge is 0.493 e. The lowest BCUT2D eigenvalue weighted by Crippen LogP contribution is -2.25. The number of nitrogens with zero attached hydrogens (tertiary/aromatic N) is 2. The lowest BCUT2D eigenvalue weighted by atomic mass is 10.3. The first-order valence-electron chi connectivity index (χ1n) is 9.19. The highest BCUT2D eigenvalue weighted by atomic mass is 79.9. The third-order valence-electron chi connectivity index (χ3n) is 3.68. The van der Waals surface area contributed by atoms with Gasteiger partial charge >= 0.3 is 0 Å². The van der Waals surface area contributed by atoms with E-state index >= 15 is 0 Å². The lowest BCUT2D eigenvalue weighted by molar-refractivity contribution is -0.123. The summed E-state index contributed by atoms with van der Waals surface area (Å²) in [7, 11) is 2.98. The van der Waals surface area contributed by atoms with Crippen LogP contribution >= 0.6 is 63.7 Å². The molecule has 2 aromatic carbocycles. The van der Waals surface area contributed by atoms with E-state index in [-0.39, 0.29) is 13.2 Å². The molecule has 182 valence electrons. The molecule has 0 heterocycles. The van der Waals surface area contributed by atoms with Crippen LogP contribution in [0.1, 0.15) is 0 Å². The highest BCUT2D eigenvalue weighted by Crippen LogP contribution is 2.39. The fourth-order valence-electron chi connectivity index (χ4n) is 2.28. The molecule has 0 saturated heterocycles. The summed E-state index contributed by atoms with van der Waals surface area (Å²) in [5, 5.41) is 7.36. The van der Waals surface area contributed by atoms with Crippen LogP contribution in [0.25, 0.3) is 0 Å². The van der Waals surface area contributed by atoms with Crippen LogP contribution in [0.5, 0.6) is 23.0 Å². The maximum Gasteiger partial charge on any atom is 0.277 e. The van der Waals surface area contributed by atoms with E-state index in [2.05, 4.69) is 84.8 Å². The number of ether oxygens (including phenoxy) is 4. The van der Waals surface area contributed by atoms with Crippen molar-refractivity contribution in [2.75, 3.05) is 27.4 Å². The quantitative estimate of drug-likeness (QED) is 0.261. The number of halogens is 4. The minimum absolute atomic E-state index is 0.297. The van der Waals surface area contributed by atoms with Crippen molar-refractivity contribution in [3.8, 4) is 23.0 Å². The zero-order valence-corrected chi connectivity index (χ0v) is 24.1. The Morgan fingerprint density at radius 3 is 1.50 bits per heavy atom. The predicted molar refractivity (Wildman–Crippen MR) is 141 cm³/mol. The lowest BCUT2D eigenvalue weighted by Gasteiger charge is -2.12. The van der Waals surface area contributed by atoms with Crippen molar-refractivity contribution in [1.29, 1.82) is 0 Å². The van der Waals surface area contributed by atoms with E-state index in [1.165, 1.54) is 26.6 Å². The number of methoxy groups -OCH3 is 2. The second-order valence-corrected chi connectivity index (χ2v) is 9.58. The number of hydrogen-bond donors (Lipinski definition) is 2. The molecule has 2 amide bonds. The van der Waals surface area contributed by atoms with Crippen molar-refractivity contribution in [3.05, 3.63) is 42.2 Å². The number of nitrogens with one attached hydrogen (secondary N) is 2. The number of benzene rings is 2. The van der Waals surface area contributed by atoms with Crippen LogP contribution in [0.15, 0.2) is 52.4 Å². The van der Waals surface area contributed by atoms with Crippen LogP contribution in [0, 0.1) is 0 Å². The molecule has 2 aromatic rings. The van der Waals surface area contributed by atoms with Gasteiger partial charge in [0.15, 0.2) is 36.2 Å². The van der Waals surface area contributed by atoms with Gasteiger partial charge in [-0.15, -0.1) is 0 Å². The third kappa shape index (κ3) is 8.89. The van der Waals surface area contributed by atoms with E-state index in [9.17, 15) is 9.59 Å². The minimum Gasteiger partial charge on any atom is -0.493 e. The zero-order chi connectivity index (χ0) is 25.1. The first-order chi connectivity index (χ1) is 16.2.